The highest BCUT2D eigenvalue weighted by Gasteiger charge is 1.91. The maximum absolute atomic E-state index is 5.08. The van der Waals surface area contributed by atoms with Gasteiger partial charge in [-0.3, -0.25) is 0 Å². The fraction of sp³-hybridized carbons (Fsp3) is 0.556. The lowest BCUT2D eigenvalue weighted by atomic mass is 10.1. The summed E-state index contributed by atoms with van der Waals surface area (Å²) in [5, 5.41) is 0. The van der Waals surface area contributed by atoms with Gasteiger partial charge >= 0.3 is 0 Å². The van der Waals surface area contributed by atoms with E-state index in [9.17, 15) is 0 Å². The Morgan fingerprint density at radius 2 is 2.18 bits per heavy atom. The molecule has 0 rings (SSSR count). The minimum absolute atomic E-state index is 0.764. The predicted molar refractivity (Wildman–Crippen MR) is 53.7 cm³/mol. The molecule has 2 heteroatoms. The smallest absolute Gasteiger partial charge is 0.146 e. The Morgan fingerprint density at radius 3 is 2.73 bits per heavy atom. The Kier molecular flexibility index (Phi) is 7.52. The second-order valence-electron chi connectivity index (χ2n) is 2.72. The number of unbranched alkanes of at least 4 members (excludes halogenated alkanes) is 2. The molecule has 0 aliphatic carbocycles. The highest BCUT2D eigenvalue weighted by molar-refractivity contribution is 5.98. The Balaban J connectivity index is 3.10. The molecule has 0 bridgehead atoms. The van der Waals surface area contributed by atoms with Crippen LogP contribution in [0.1, 0.15) is 25.7 Å². The van der Waals surface area contributed by atoms with E-state index < -0.39 is 0 Å². The molecule has 1 nitrogen and oxygen atoms in total. The summed E-state index contributed by atoms with van der Waals surface area (Å²) in [4.78, 5) is 0. The SMILES string of the molecule is C=CCCCCC(=C)CO[SiH3]. The summed E-state index contributed by atoms with van der Waals surface area (Å²) in [5.41, 5.74) is 1.23. The third-order valence-electron chi connectivity index (χ3n) is 1.54. The molecule has 0 radical (unpaired) electrons. The molecule has 0 N–H and O–H groups in total. The third-order valence-corrected chi connectivity index (χ3v) is 1.83. The molecule has 0 saturated heterocycles. The van der Waals surface area contributed by atoms with E-state index in [1.54, 1.807) is 0 Å². The van der Waals surface area contributed by atoms with Gasteiger partial charge in [0, 0.05) is 0 Å². The highest BCUT2D eigenvalue weighted by Crippen LogP contribution is 2.06. The number of hydrogen-bond acceptors (Lipinski definition) is 1. The molecule has 0 saturated carbocycles. The first-order valence-electron chi connectivity index (χ1n) is 4.07. The van der Waals surface area contributed by atoms with Gasteiger partial charge in [-0.15, -0.1) is 6.58 Å². The number of hydrogen-bond donors (Lipinski definition) is 0. The van der Waals surface area contributed by atoms with Crippen molar-refractivity contribution in [2.24, 2.45) is 0 Å². The van der Waals surface area contributed by atoms with Gasteiger partial charge in [0.25, 0.3) is 0 Å². The Hall–Kier alpha value is -0.343. The van der Waals surface area contributed by atoms with Crippen molar-refractivity contribution in [2.75, 3.05) is 6.61 Å². The van der Waals surface area contributed by atoms with E-state index in [1.165, 1.54) is 18.4 Å². The highest BCUT2D eigenvalue weighted by atomic mass is 28.2. The van der Waals surface area contributed by atoms with Crippen molar-refractivity contribution < 1.29 is 4.43 Å². The average molecular weight is 170 g/mol. The largest absolute Gasteiger partial charge is 0.424 e. The van der Waals surface area contributed by atoms with E-state index in [2.05, 4.69) is 13.2 Å². The Labute approximate surface area is 72.7 Å². The van der Waals surface area contributed by atoms with E-state index in [4.69, 9.17) is 4.43 Å². The summed E-state index contributed by atoms with van der Waals surface area (Å²) < 4.78 is 5.08. The summed E-state index contributed by atoms with van der Waals surface area (Å²) in [7, 11) is 0.820. The lowest BCUT2D eigenvalue weighted by Crippen LogP contribution is -1.93. The molecule has 0 atom stereocenters. The maximum Gasteiger partial charge on any atom is 0.146 e. The van der Waals surface area contributed by atoms with E-state index >= 15 is 0 Å². The van der Waals surface area contributed by atoms with Gasteiger partial charge in [-0.2, -0.15) is 0 Å². The number of allylic oxidation sites excluding steroid dienone is 1. The van der Waals surface area contributed by atoms with Gasteiger partial charge in [-0.1, -0.05) is 18.2 Å². The van der Waals surface area contributed by atoms with Crippen molar-refractivity contribution >= 4 is 10.5 Å². The van der Waals surface area contributed by atoms with Crippen LogP contribution in [0.3, 0.4) is 0 Å². The summed E-state index contributed by atoms with van der Waals surface area (Å²) in [5.74, 6) is 0. The zero-order valence-corrected chi connectivity index (χ0v) is 9.44. The monoisotopic (exact) mass is 170 g/mol. The normalized spacial score (nSPS) is 9.82. The molecule has 0 fully saturated rings. The first kappa shape index (κ1) is 10.7. The molecular formula is C9H18OSi. The quantitative estimate of drug-likeness (QED) is 0.320. The minimum atomic E-state index is 0.764. The lowest BCUT2D eigenvalue weighted by molar-refractivity contribution is 0.382. The molecule has 0 heterocycles. The summed E-state index contributed by atoms with van der Waals surface area (Å²) >= 11 is 0. The fourth-order valence-electron chi connectivity index (χ4n) is 0.940. The Morgan fingerprint density at radius 1 is 1.45 bits per heavy atom. The van der Waals surface area contributed by atoms with Crippen LogP contribution >= 0.6 is 0 Å². The molecule has 0 aliphatic heterocycles. The van der Waals surface area contributed by atoms with Crippen molar-refractivity contribution in [2.45, 2.75) is 25.7 Å². The van der Waals surface area contributed by atoms with Crippen LogP contribution in [-0.4, -0.2) is 17.1 Å². The first-order valence-corrected chi connectivity index (χ1v) is 4.89. The summed E-state index contributed by atoms with van der Waals surface area (Å²) in [6, 6.07) is 0. The molecule has 0 aromatic heterocycles. The van der Waals surface area contributed by atoms with E-state index in [0.717, 1.165) is 29.9 Å². The molecular weight excluding hydrogens is 152 g/mol. The third kappa shape index (κ3) is 7.55. The van der Waals surface area contributed by atoms with Gasteiger partial charge in [0.1, 0.15) is 10.5 Å². The van der Waals surface area contributed by atoms with Crippen LogP contribution in [0, 0.1) is 0 Å². The van der Waals surface area contributed by atoms with Crippen molar-refractivity contribution in [3.8, 4) is 0 Å². The molecule has 0 spiro atoms. The van der Waals surface area contributed by atoms with Gasteiger partial charge in [0.2, 0.25) is 0 Å². The summed E-state index contributed by atoms with van der Waals surface area (Å²) in [6.45, 7) is 8.35. The maximum atomic E-state index is 5.08. The summed E-state index contributed by atoms with van der Waals surface area (Å²) in [6.07, 6.45) is 6.64. The molecule has 64 valence electrons. The van der Waals surface area contributed by atoms with Gasteiger partial charge in [-0.05, 0) is 25.7 Å². The van der Waals surface area contributed by atoms with Crippen LogP contribution in [0.5, 0.6) is 0 Å². The second-order valence-corrected chi connectivity index (χ2v) is 3.29. The van der Waals surface area contributed by atoms with Crippen LogP contribution in [0.2, 0.25) is 0 Å². The molecule has 0 aliphatic rings. The van der Waals surface area contributed by atoms with Gasteiger partial charge < -0.3 is 4.43 Å². The van der Waals surface area contributed by atoms with Gasteiger partial charge in [-0.25, -0.2) is 0 Å². The van der Waals surface area contributed by atoms with Crippen LogP contribution in [0.15, 0.2) is 24.8 Å². The number of rotatable bonds is 7. The standard InChI is InChI=1S/C9H18OSi/c1-3-4-5-6-7-9(2)8-10-11/h3H,1-2,4-8H2,11H3. The van der Waals surface area contributed by atoms with Crippen LogP contribution < -0.4 is 0 Å². The fourth-order valence-corrected chi connectivity index (χ4v) is 1.35. The van der Waals surface area contributed by atoms with Crippen molar-refractivity contribution in [3.05, 3.63) is 24.8 Å². The second kappa shape index (κ2) is 7.76. The lowest BCUT2D eigenvalue weighted by Gasteiger charge is -2.02. The van der Waals surface area contributed by atoms with E-state index in [-0.39, 0.29) is 0 Å². The molecule has 11 heavy (non-hydrogen) atoms. The van der Waals surface area contributed by atoms with Crippen molar-refractivity contribution in [3.63, 3.8) is 0 Å². The first-order chi connectivity index (χ1) is 5.31. The van der Waals surface area contributed by atoms with Gasteiger partial charge in [0.05, 0.1) is 6.61 Å². The predicted octanol–water partition coefficient (Wildman–Crippen LogP) is 1.59. The zero-order valence-electron chi connectivity index (χ0n) is 7.44. The van der Waals surface area contributed by atoms with Gasteiger partial charge in [0.15, 0.2) is 0 Å². The zero-order chi connectivity index (χ0) is 8.53. The van der Waals surface area contributed by atoms with Crippen LogP contribution in [0.25, 0.3) is 0 Å². The Bertz CT molecular complexity index is 121. The van der Waals surface area contributed by atoms with Crippen molar-refractivity contribution in [1.82, 2.24) is 0 Å². The molecule has 0 aromatic rings. The van der Waals surface area contributed by atoms with Crippen LogP contribution in [-0.2, 0) is 4.43 Å². The molecule has 0 unspecified atom stereocenters. The van der Waals surface area contributed by atoms with E-state index in [1.807, 2.05) is 6.08 Å². The van der Waals surface area contributed by atoms with Crippen LogP contribution in [0.4, 0.5) is 0 Å². The molecule has 0 aromatic carbocycles. The van der Waals surface area contributed by atoms with Crippen molar-refractivity contribution in [1.29, 1.82) is 0 Å². The molecule has 0 amide bonds. The average Bonchev–Trinajstić information content (AvgIpc) is 1.99. The minimum Gasteiger partial charge on any atom is -0.424 e. The van der Waals surface area contributed by atoms with E-state index in [0.29, 0.717) is 0 Å². The topological polar surface area (TPSA) is 9.23 Å².